The number of benzene rings is 3. The van der Waals surface area contributed by atoms with Crippen molar-refractivity contribution in [2.75, 3.05) is 6.61 Å². The molecule has 22 heavy (non-hydrogen) atoms. The molecule has 2 aliphatic rings. The smallest absolute Gasteiger partial charge is 0.130 e. The molecule has 0 radical (unpaired) electrons. The first kappa shape index (κ1) is 12.3. The Balaban J connectivity index is 1.62. The first-order chi connectivity index (χ1) is 10.9. The molecule has 0 unspecified atom stereocenters. The van der Waals surface area contributed by atoms with Crippen LogP contribution in [0.4, 0.5) is 0 Å². The van der Waals surface area contributed by atoms with Gasteiger partial charge in [0.1, 0.15) is 5.75 Å². The minimum atomic E-state index is 0.669. The van der Waals surface area contributed by atoms with Crippen LogP contribution in [-0.4, -0.2) is 6.61 Å². The highest BCUT2D eigenvalue weighted by molar-refractivity contribution is 5.91. The number of fused-ring (bicyclic) bond motifs is 3. The van der Waals surface area contributed by atoms with Gasteiger partial charge < -0.3 is 4.74 Å². The first-order valence-corrected chi connectivity index (χ1v) is 8.14. The summed E-state index contributed by atoms with van der Waals surface area (Å²) in [6, 6.07) is 22.0. The Morgan fingerprint density at radius 1 is 0.864 bits per heavy atom. The van der Waals surface area contributed by atoms with E-state index in [2.05, 4.69) is 60.7 Å². The maximum absolute atomic E-state index is 5.97. The fraction of sp³-hybridized carbons (Fsp3) is 0.238. The van der Waals surface area contributed by atoms with Gasteiger partial charge in [0.2, 0.25) is 0 Å². The Bertz CT molecular complexity index is 850. The van der Waals surface area contributed by atoms with Crippen LogP contribution in [0.15, 0.2) is 60.7 Å². The summed E-state index contributed by atoms with van der Waals surface area (Å²) in [6.45, 7) is 0.832. The fourth-order valence-corrected chi connectivity index (χ4v) is 3.99. The van der Waals surface area contributed by atoms with E-state index in [9.17, 15) is 0 Å². The second-order valence-electron chi connectivity index (χ2n) is 6.45. The summed E-state index contributed by atoms with van der Waals surface area (Å²) >= 11 is 0. The quantitative estimate of drug-likeness (QED) is 0.641. The maximum Gasteiger partial charge on any atom is 0.130 e. The molecule has 3 aromatic carbocycles. The highest BCUT2D eigenvalue weighted by atomic mass is 16.5. The third kappa shape index (κ3) is 1.78. The van der Waals surface area contributed by atoms with Crippen molar-refractivity contribution in [2.24, 2.45) is 0 Å². The van der Waals surface area contributed by atoms with Gasteiger partial charge in [-0.25, -0.2) is 0 Å². The van der Waals surface area contributed by atoms with Gasteiger partial charge in [-0.15, -0.1) is 0 Å². The molecule has 1 nitrogen and oxygen atoms in total. The van der Waals surface area contributed by atoms with E-state index < -0.39 is 0 Å². The zero-order chi connectivity index (χ0) is 14.5. The van der Waals surface area contributed by atoms with Gasteiger partial charge in [-0.2, -0.15) is 0 Å². The van der Waals surface area contributed by atoms with Gasteiger partial charge in [0.15, 0.2) is 0 Å². The topological polar surface area (TPSA) is 9.23 Å². The minimum Gasteiger partial charge on any atom is -0.492 e. The van der Waals surface area contributed by atoms with E-state index in [1.807, 2.05) is 0 Å². The number of ether oxygens (including phenoxy) is 1. The van der Waals surface area contributed by atoms with E-state index in [0.29, 0.717) is 11.8 Å². The molecule has 0 bridgehead atoms. The van der Waals surface area contributed by atoms with E-state index in [1.165, 1.54) is 33.9 Å². The highest BCUT2D eigenvalue weighted by Crippen LogP contribution is 2.57. The Hall–Kier alpha value is -2.28. The van der Waals surface area contributed by atoms with Crippen LogP contribution in [0.1, 0.15) is 34.9 Å². The lowest BCUT2D eigenvalue weighted by Crippen LogP contribution is -1.92. The van der Waals surface area contributed by atoms with Gasteiger partial charge >= 0.3 is 0 Å². The molecule has 0 amide bonds. The summed E-state index contributed by atoms with van der Waals surface area (Å²) in [5.41, 5.74) is 4.47. The second kappa shape index (κ2) is 4.61. The number of rotatable bonds is 2. The normalized spacial score (nSPS) is 22.4. The van der Waals surface area contributed by atoms with Crippen LogP contribution >= 0.6 is 0 Å². The van der Waals surface area contributed by atoms with E-state index >= 15 is 0 Å². The van der Waals surface area contributed by atoms with Crippen LogP contribution in [0.25, 0.3) is 10.8 Å². The molecule has 0 aromatic heterocycles. The van der Waals surface area contributed by atoms with Crippen LogP contribution in [0.5, 0.6) is 5.75 Å². The summed E-state index contributed by atoms with van der Waals surface area (Å²) in [5.74, 6) is 2.50. The molecule has 1 aliphatic heterocycles. The Morgan fingerprint density at radius 3 is 2.59 bits per heavy atom. The lowest BCUT2D eigenvalue weighted by molar-refractivity contribution is 0.360. The molecule has 0 saturated heterocycles. The predicted octanol–water partition coefficient (Wildman–Crippen LogP) is 5.05. The van der Waals surface area contributed by atoms with Gasteiger partial charge in [0.05, 0.1) is 6.61 Å². The van der Waals surface area contributed by atoms with Crippen LogP contribution in [0.2, 0.25) is 0 Å². The van der Waals surface area contributed by atoms with Crippen molar-refractivity contribution in [1.29, 1.82) is 0 Å². The molecule has 0 N–H and O–H groups in total. The van der Waals surface area contributed by atoms with E-state index in [4.69, 9.17) is 4.74 Å². The lowest BCUT2D eigenvalue weighted by Gasteiger charge is -2.11. The molecule has 1 saturated carbocycles. The maximum atomic E-state index is 5.97. The van der Waals surface area contributed by atoms with Crippen molar-refractivity contribution in [3.05, 3.63) is 77.4 Å². The molecular formula is C21H18O. The average Bonchev–Trinajstić information content (AvgIpc) is 3.22. The zero-order valence-corrected chi connectivity index (χ0v) is 12.5. The highest BCUT2D eigenvalue weighted by Gasteiger charge is 2.41. The van der Waals surface area contributed by atoms with E-state index in [-0.39, 0.29) is 0 Å². The number of hydrogen-bond donors (Lipinski definition) is 0. The molecule has 0 spiro atoms. The summed E-state index contributed by atoms with van der Waals surface area (Å²) in [5, 5.41) is 2.59. The third-order valence-electron chi connectivity index (χ3n) is 5.16. The van der Waals surface area contributed by atoms with Crippen molar-refractivity contribution < 1.29 is 4.74 Å². The molecule has 1 fully saturated rings. The fourth-order valence-electron chi connectivity index (χ4n) is 3.99. The second-order valence-corrected chi connectivity index (χ2v) is 6.45. The largest absolute Gasteiger partial charge is 0.492 e. The lowest BCUT2D eigenvalue weighted by atomic mass is 9.94. The molecule has 1 heterocycles. The monoisotopic (exact) mass is 286 g/mol. The summed E-state index contributed by atoms with van der Waals surface area (Å²) in [6.07, 6.45) is 2.34. The molecule has 5 rings (SSSR count). The summed E-state index contributed by atoms with van der Waals surface area (Å²) in [7, 11) is 0. The summed E-state index contributed by atoms with van der Waals surface area (Å²) in [4.78, 5) is 0. The summed E-state index contributed by atoms with van der Waals surface area (Å²) < 4.78 is 5.97. The Labute approximate surface area is 130 Å². The van der Waals surface area contributed by atoms with Crippen molar-refractivity contribution in [1.82, 2.24) is 0 Å². The standard InChI is InChI=1S/C21H18O/c1-2-6-14(7-3-1)18-13-20(18)19-12-15-8-4-5-9-16(15)21-17(19)10-11-22-21/h1-9,12,18,20H,10-11,13H2/t18-,20-/m1/s1. The van der Waals surface area contributed by atoms with Gasteiger partial charge in [0, 0.05) is 17.4 Å². The van der Waals surface area contributed by atoms with Crippen molar-refractivity contribution >= 4 is 10.8 Å². The molecule has 3 aromatic rings. The van der Waals surface area contributed by atoms with E-state index in [1.54, 1.807) is 0 Å². The molecule has 2 atom stereocenters. The first-order valence-electron chi connectivity index (χ1n) is 8.14. The predicted molar refractivity (Wildman–Crippen MR) is 89.7 cm³/mol. The van der Waals surface area contributed by atoms with Gasteiger partial charge in [-0.05, 0) is 34.8 Å². The van der Waals surface area contributed by atoms with Crippen molar-refractivity contribution in [3.8, 4) is 5.75 Å². The molecule has 1 aliphatic carbocycles. The van der Waals surface area contributed by atoms with Gasteiger partial charge in [-0.1, -0.05) is 60.7 Å². The van der Waals surface area contributed by atoms with Crippen LogP contribution in [0.3, 0.4) is 0 Å². The van der Waals surface area contributed by atoms with Crippen molar-refractivity contribution in [2.45, 2.75) is 24.7 Å². The molecule has 108 valence electrons. The molecular weight excluding hydrogens is 268 g/mol. The van der Waals surface area contributed by atoms with Gasteiger partial charge in [0.25, 0.3) is 0 Å². The SMILES string of the molecule is c1ccc([C@H]2C[C@H]2c2cc3ccccc3c3c2CCO3)cc1. The van der Waals surface area contributed by atoms with Crippen molar-refractivity contribution in [3.63, 3.8) is 0 Å². The van der Waals surface area contributed by atoms with Gasteiger partial charge in [-0.3, -0.25) is 0 Å². The third-order valence-corrected chi connectivity index (χ3v) is 5.16. The number of hydrogen-bond acceptors (Lipinski definition) is 1. The average molecular weight is 286 g/mol. The van der Waals surface area contributed by atoms with Crippen LogP contribution < -0.4 is 4.74 Å². The molecule has 1 heteroatoms. The van der Waals surface area contributed by atoms with E-state index in [0.717, 1.165) is 18.8 Å². The van der Waals surface area contributed by atoms with Crippen LogP contribution in [-0.2, 0) is 6.42 Å². The Kier molecular flexibility index (Phi) is 2.57. The Morgan fingerprint density at radius 2 is 1.68 bits per heavy atom. The zero-order valence-electron chi connectivity index (χ0n) is 12.5. The van der Waals surface area contributed by atoms with Crippen LogP contribution in [0, 0.1) is 0 Å². The minimum absolute atomic E-state index is 0.669.